The number of piperidine rings is 1. The zero-order valence-corrected chi connectivity index (χ0v) is 16.1. The van der Waals surface area contributed by atoms with E-state index in [9.17, 15) is 4.79 Å². The predicted octanol–water partition coefficient (Wildman–Crippen LogP) is 2.49. The van der Waals surface area contributed by atoms with Gasteiger partial charge < -0.3 is 9.64 Å². The molecule has 3 heterocycles. The molecule has 3 aliphatic rings. The second kappa shape index (κ2) is 7.28. The van der Waals surface area contributed by atoms with Gasteiger partial charge in [0.2, 0.25) is 5.91 Å². The predicted molar refractivity (Wildman–Crippen MR) is 101 cm³/mol. The molecule has 2 saturated heterocycles. The van der Waals surface area contributed by atoms with E-state index in [4.69, 9.17) is 4.74 Å². The molecular weight excluding hydrogens is 326 g/mol. The van der Waals surface area contributed by atoms with Gasteiger partial charge in [-0.2, -0.15) is 0 Å². The van der Waals surface area contributed by atoms with Crippen molar-refractivity contribution in [2.75, 3.05) is 39.9 Å². The molecule has 0 radical (unpaired) electrons. The maximum absolute atomic E-state index is 12.4. The Bertz CT molecular complexity index is 650. The Morgan fingerprint density at radius 3 is 2.73 bits per heavy atom. The van der Waals surface area contributed by atoms with E-state index in [1.165, 1.54) is 0 Å². The average molecular weight is 357 g/mol. The van der Waals surface area contributed by atoms with Gasteiger partial charge in [-0.15, -0.1) is 0 Å². The lowest BCUT2D eigenvalue weighted by Gasteiger charge is -2.42. The fraction of sp³-hybridized carbons (Fsp3) is 0.714. The van der Waals surface area contributed by atoms with Gasteiger partial charge in [-0.1, -0.05) is 6.07 Å². The summed E-state index contributed by atoms with van der Waals surface area (Å²) in [5.41, 5.74) is 2.52. The van der Waals surface area contributed by atoms with E-state index in [0.717, 1.165) is 76.4 Å². The van der Waals surface area contributed by atoms with Gasteiger partial charge in [0.05, 0.1) is 12.3 Å². The molecule has 5 heteroatoms. The highest BCUT2D eigenvalue weighted by Gasteiger charge is 2.49. The molecule has 1 aromatic heterocycles. The van der Waals surface area contributed by atoms with Crippen molar-refractivity contribution in [2.24, 2.45) is 17.3 Å². The van der Waals surface area contributed by atoms with E-state index in [1.54, 1.807) is 0 Å². The number of aryl methyl sites for hydroxylation is 1. The first-order chi connectivity index (χ1) is 12.6. The molecule has 5 nitrogen and oxygen atoms in total. The second-order valence-electron chi connectivity index (χ2n) is 8.55. The Labute approximate surface area is 156 Å². The zero-order chi connectivity index (χ0) is 18.1. The molecular formula is C21H31N3O2. The number of carbonyl (C=O) groups is 1. The summed E-state index contributed by atoms with van der Waals surface area (Å²) in [6.07, 6.45) is 4.42. The van der Waals surface area contributed by atoms with Crippen LogP contribution in [-0.4, -0.2) is 60.6 Å². The minimum Gasteiger partial charge on any atom is -0.384 e. The van der Waals surface area contributed by atoms with Crippen molar-refractivity contribution in [1.29, 1.82) is 0 Å². The number of likely N-dealkylation sites (tertiary alicyclic amines) is 2. The number of ether oxygens (including phenoxy) is 1. The van der Waals surface area contributed by atoms with Crippen LogP contribution in [0.2, 0.25) is 0 Å². The van der Waals surface area contributed by atoms with Crippen LogP contribution >= 0.6 is 0 Å². The Kier molecular flexibility index (Phi) is 5.02. The van der Waals surface area contributed by atoms with Gasteiger partial charge in [-0.25, -0.2) is 0 Å². The van der Waals surface area contributed by atoms with Crippen molar-refractivity contribution in [2.45, 2.75) is 39.2 Å². The van der Waals surface area contributed by atoms with Gasteiger partial charge in [-0.3, -0.25) is 14.7 Å². The minimum atomic E-state index is 0.292. The van der Waals surface area contributed by atoms with Crippen LogP contribution in [-0.2, 0) is 16.1 Å². The number of hydrogen-bond donors (Lipinski definition) is 0. The SMILES string of the molecule is COCC1CN(Cc2cccc(C)n2)CC12CCN(C(=O)C1CC1)CC2. The fourth-order valence-electron chi connectivity index (χ4n) is 4.94. The van der Waals surface area contributed by atoms with Gasteiger partial charge >= 0.3 is 0 Å². The van der Waals surface area contributed by atoms with Crippen LogP contribution in [0.3, 0.4) is 0 Å². The summed E-state index contributed by atoms with van der Waals surface area (Å²) in [6, 6.07) is 6.27. The molecule has 1 aromatic rings. The third kappa shape index (κ3) is 3.65. The van der Waals surface area contributed by atoms with Crippen molar-refractivity contribution in [1.82, 2.24) is 14.8 Å². The standard InChI is InChI=1S/C21H31N3O2/c1-16-4-3-5-19(22-16)13-23-12-18(14-26-2)21(15-23)8-10-24(11-9-21)20(25)17-6-7-17/h3-5,17-18H,6-15H2,1-2H3. The molecule has 142 valence electrons. The smallest absolute Gasteiger partial charge is 0.225 e. The summed E-state index contributed by atoms with van der Waals surface area (Å²) in [5.74, 6) is 1.30. The minimum absolute atomic E-state index is 0.292. The van der Waals surface area contributed by atoms with Crippen LogP contribution in [0.5, 0.6) is 0 Å². The van der Waals surface area contributed by atoms with Crippen LogP contribution < -0.4 is 0 Å². The Morgan fingerprint density at radius 2 is 2.08 bits per heavy atom. The van der Waals surface area contributed by atoms with Gasteiger partial charge in [0, 0.05) is 57.4 Å². The van der Waals surface area contributed by atoms with E-state index in [1.807, 2.05) is 7.11 Å². The summed E-state index contributed by atoms with van der Waals surface area (Å²) in [6.45, 7) is 7.79. The maximum atomic E-state index is 12.4. The number of pyridine rings is 1. The summed E-state index contributed by atoms with van der Waals surface area (Å²) in [7, 11) is 1.81. The second-order valence-corrected chi connectivity index (χ2v) is 8.55. The average Bonchev–Trinajstić information content (AvgIpc) is 3.42. The quantitative estimate of drug-likeness (QED) is 0.812. The number of aromatic nitrogens is 1. The molecule has 2 aliphatic heterocycles. The molecule has 0 aromatic carbocycles. The molecule has 1 atom stereocenters. The number of nitrogens with zero attached hydrogens (tertiary/aromatic N) is 3. The third-order valence-corrected chi connectivity index (χ3v) is 6.58. The van der Waals surface area contributed by atoms with E-state index in [2.05, 4.69) is 39.9 Å². The van der Waals surface area contributed by atoms with Crippen LogP contribution in [0, 0.1) is 24.2 Å². The van der Waals surface area contributed by atoms with E-state index in [0.29, 0.717) is 23.2 Å². The molecule has 4 rings (SSSR count). The van der Waals surface area contributed by atoms with E-state index in [-0.39, 0.29) is 0 Å². The Morgan fingerprint density at radius 1 is 1.31 bits per heavy atom. The van der Waals surface area contributed by atoms with Crippen molar-refractivity contribution < 1.29 is 9.53 Å². The molecule has 1 unspecified atom stereocenters. The molecule has 0 N–H and O–H groups in total. The molecule has 1 spiro atoms. The summed E-state index contributed by atoms with van der Waals surface area (Å²) < 4.78 is 5.57. The van der Waals surface area contributed by atoms with Crippen LogP contribution in [0.4, 0.5) is 0 Å². The number of amides is 1. The van der Waals surface area contributed by atoms with Gasteiger partial charge in [0.1, 0.15) is 0 Å². The molecule has 3 fully saturated rings. The number of carbonyl (C=O) groups excluding carboxylic acids is 1. The summed E-state index contributed by atoms with van der Waals surface area (Å²) in [4.78, 5) is 21.7. The highest BCUT2D eigenvalue weighted by Crippen LogP contribution is 2.46. The Balaban J connectivity index is 1.42. The van der Waals surface area contributed by atoms with E-state index < -0.39 is 0 Å². The topological polar surface area (TPSA) is 45.7 Å². The zero-order valence-electron chi connectivity index (χ0n) is 16.1. The van der Waals surface area contributed by atoms with Gasteiger partial charge in [0.25, 0.3) is 0 Å². The van der Waals surface area contributed by atoms with Crippen LogP contribution in [0.25, 0.3) is 0 Å². The first-order valence-electron chi connectivity index (χ1n) is 10.0. The molecule has 1 saturated carbocycles. The lowest BCUT2D eigenvalue weighted by Crippen LogP contribution is -2.47. The van der Waals surface area contributed by atoms with Crippen LogP contribution in [0.1, 0.15) is 37.1 Å². The third-order valence-electron chi connectivity index (χ3n) is 6.58. The normalized spacial score (nSPS) is 25.8. The van der Waals surface area contributed by atoms with Crippen molar-refractivity contribution >= 4 is 5.91 Å². The first-order valence-corrected chi connectivity index (χ1v) is 10.0. The highest BCUT2D eigenvalue weighted by molar-refractivity contribution is 5.81. The molecule has 26 heavy (non-hydrogen) atoms. The molecule has 1 amide bonds. The first kappa shape index (κ1) is 17.9. The lowest BCUT2D eigenvalue weighted by atomic mass is 9.71. The number of methoxy groups -OCH3 is 1. The van der Waals surface area contributed by atoms with Crippen molar-refractivity contribution in [3.8, 4) is 0 Å². The van der Waals surface area contributed by atoms with Crippen molar-refractivity contribution in [3.05, 3.63) is 29.6 Å². The highest BCUT2D eigenvalue weighted by atomic mass is 16.5. The molecule has 1 aliphatic carbocycles. The number of hydrogen-bond acceptors (Lipinski definition) is 4. The molecule has 0 bridgehead atoms. The fourth-order valence-corrected chi connectivity index (χ4v) is 4.94. The monoisotopic (exact) mass is 357 g/mol. The lowest BCUT2D eigenvalue weighted by molar-refractivity contribution is -0.135. The van der Waals surface area contributed by atoms with Gasteiger partial charge in [-0.05, 0) is 50.2 Å². The van der Waals surface area contributed by atoms with Crippen LogP contribution in [0.15, 0.2) is 18.2 Å². The summed E-state index contributed by atoms with van der Waals surface area (Å²) in [5, 5.41) is 0. The Hall–Kier alpha value is -1.46. The summed E-state index contributed by atoms with van der Waals surface area (Å²) >= 11 is 0. The maximum Gasteiger partial charge on any atom is 0.225 e. The van der Waals surface area contributed by atoms with Gasteiger partial charge in [0.15, 0.2) is 0 Å². The van der Waals surface area contributed by atoms with E-state index >= 15 is 0 Å². The largest absolute Gasteiger partial charge is 0.384 e. The number of rotatable bonds is 5. The van der Waals surface area contributed by atoms with Crippen molar-refractivity contribution in [3.63, 3.8) is 0 Å².